The summed E-state index contributed by atoms with van der Waals surface area (Å²) in [6.07, 6.45) is -1.26. The number of nitrogens with zero attached hydrogens (tertiary/aromatic N) is 1. The van der Waals surface area contributed by atoms with E-state index in [9.17, 15) is 9.59 Å². The number of amides is 2. The Labute approximate surface area is 63.4 Å². The lowest BCUT2D eigenvalue weighted by atomic mass is 10.5. The van der Waals surface area contributed by atoms with E-state index in [0.717, 1.165) is 0 Å². The molecule has 0 aliphatic rings. The lowest BCUT2D eigenvalue weighted by molar-refractivity contribution is -0.126. The second-order valence-corrected chi connectivity index (χ2v) is 1.82. The molecule has 0 aliphatic carbocycles. The Balaban J connectivity index is 4.06. The van der Waals surface area contributed by atoms with Gasteiger partial charge in [-0.05, 0) is 6.92 Å². The van der Waals surface area contributed by atoms with Crippen LogP contribution in [-0.2, 0) is 4.79 Å². The molecule has 5 heteroatoms. The first-order valence-electron chi connectivity index (χ1n) is 2.72. The second-order valence-electron chi connectivity index (χ2n) is 1.55. The Kier molecular flexibility index (Phi) is 3.79. The van der Waals surface area contributed by atoms with Crippen molar-refractivity contribution in [1.82, 2.24) is 4.90 Å². The number of carboxylic acid groups (broad SMARTS) is 1. The van der Waals surface area contributed by atoms with E-state index in [4.69, 9.17) is 16.7 Å². The van der Waals surface area contributed by atoms with Gasteiger partial charge in [0.2, 0.25) is 5.91 Å². The van der Waals surface area contributed by atoms with Crippen LogP contribution in [0.15, 0.2) is 0 Å². The maximum Gasteiger partial charge on any atom is 0.414 e. The van der Waals surface area contributed by atoms with Gasteiger partial charge < -0.3 is 5.11 Å². The van der Waals surface area contributed by atoms with Crippen molar-refractivity contribution in [3.8, 4) is 0 Å². The number of hydrogen-bond donors (Lipinski definition) is 1. The molecule has 0 heterocycles. The number of imide groups is 1. The minimum absolute atomic E-state index is 0.140. The SMILES string of the molecule is CCN(C(=O)O)C(=O)CCl. The van der Waals surface area contributed by atoms with Crippen molar-refractivity contribution in [1.29, 1.82) is 0 Å². The molecule has 0 fully saturated rings. The maximum atomic E-state index is 10.6. The highest BCUT2D eigenvalue weighted by Crippen LogP contribution is 1.91. The molecule has 0 spiro atoms. The van der Waals surface area contributed by atoms with E-state index < -0.39 is 12.0 Å². The molecule has 0 atom stereocenters. The lowest BCUT2D eigenvalue weighted by Gasteiger charge is -2.11. The van der Waals surface area contributed by atoms with Gasteiger partial charge in [0.05, 0.1) is 0 Å². The molecule has 0 radical (unpaired) electrons. The topological polar surface area (TPSA) is 57.6 Å². The molecule has 0 aromatic rings. The minimum Gasteiger partial charge on any atom is -0.465 e. The van der Waals surface area contributed by atoms with Crippen LogP contribution in [0.4, 0.5) is 4.79 Å². The molecule has 10 heavy (non-hydrogen) atoms. The highest BCUT2D eigenvalue weighted by Gasteiger charge is 2.16. The number of hydrogen-bond acceptors (Lipinski definition) is 2. The van der Waals surface area contributed by atoms with Crippen LogP contribution in [0.3, 0.4) is 0 Å². The zero-order valence-corrected chi connectivity index (χ0v) is 6.26. The zero-order valence-electron chi connectivity index (χ0n) is 5.50. The van der Waals surface area contributed by atoms with Crippen LogP contribution in [0.1, 0.15) is 6.92 Å². The van der Waals surface area contributed by atoms with Gasteiger partial charge in [-0.2, -0.15) is 0 Å². The third-order valence-electron chi connectivity index (χ3n) is 0.963. The van der Waals surface area contributed by atoms with Crippen LogP contribution in [0.25, 0.3) is 0 Å². The summed E-state index contributed by atoms with van der Waals surface area (Å²) in [4.78, 5) is 21.4. The van der Waals surface area contributed by atoms with Gasteiger partial charge >= 0.3 is 6.09 Å². The van der Waals surface area contributed by atoms with Gasteiger partial charge in [0.15, 0.2) is 0 Å². The van der Waals surface area contributed by atoms with Crippen LogP contribution < -0.4 is 0 Å². The lowest BCUT2D eigenvalue weighted by Crippen LogP contribution is -2.36. The standard InChI is InChI=1S/C5H8ClNO3/c1-2-7(5(9)10)4(8)3-6/h2-3H2,1H3,(H,9,10). The van der Waals surface area contributed by atoms with Gasteiger partial charge in [-0.1, -0.05) is 0 Å². The average Bonchev–Trinajstić information content (AvgIpc) is 1.88. The Bertz CT molecular complexity index is 148. The Morgan fingerprint density at radius 1 is 1.60 bits per heavy atom. The fraction of sp³-hybridized carbons (Fsp3) is 0.600. The van der Waals surface area contributed by atoms with E-state index in [-0.39, 0.29) is 12.4 Å². The van der Waals surface area contributed by atoms with Gasteiger partial charge in [-0.3, -0.25) is 4.79 Å². The Hall–Kier alpha value is -0.770. The summed E-state index contributed by atoms with van der Waals surface area (Å²) in [5.41, 5.74) is 0. The highest BCUT2D eigenvalue weighted by atomic mass is 35.5. The molecule has 1 N–H and O–H groups in total. The van der Waals surface area contributed by atoms with E-state index in [0.29, 0.717) is 4.90 Å². The summed E-state index contributed by atoms with van der Waals surface area (Å²) in [5, 5.41) is 8.32. The summed E-state index contributed by atoms with van der Waals surface area (Å²) in [6.45, 7) is 1.71. The molecule has 0 saturated carbocycles. The minimum atomic E-state index is -1.26. The van der Waals surface area contributed by atoms with Crippen LogP contribution in [-0.4, -0.2) is 34.4 Å². The van der Waals surface area contributed by atoms with E-state index in [1.54, 1.807) is 6.92 Å². The molecular weight excluding hydrogens is 158 g/mol. The Morgan fingerprint density at radius 3 is 2.20 bits per heavy atom. The number of alkyl halides is 1. The van der Waals surface area contributed by atoms with Crippen molar-refractivity contribution in [3.05, 3.63) is 0 Å². The summed E-state index contributed by atoms with van der Waals surface area (Å²) in [5.74, 6) is -0.878. The quantitative estimate of drug-likeness (QED) is 0.615. The molecule has 0 rings (SSSR count). The second kappa shape index (κ2) is 4.11. The molecule has 0 bridgehead atoms. The highest BCUT2D eigenvalue weighted by molar-refractivity contribution is 6.28. The van der Waals surface area contributed by atoms with Crippen molar-refractivity contribution in [3.63, 3.8) is 0 Å². The largest absolute Gasteiger partial charge is 0.465 e. The van der Waals surface area contributed by atoms with Crippen molar-refractivity contribution in [2.45, 2.75) is 6.92 Å². The smallest absolute Gasteiger partial charge is 0.414 e. The third-order valence-corrected chi connectivity index (χ3v) is 1.19. The van der Waals surface area contributed by atoms with E-state index in [2.05, 4.69) is 0 Å². The summed E-state index contributed by atoms with van der Waals surface area (Å²) in [7, 11) is 0. The maximum absolute atomic E-state index is 10.6. The summed E-state index contributed by atoms with van der Waals surface area (Å²) >= 11 is 5.12. The molecular formula is C5H8ClNO3. The van der Waals surface area contributed by atoms with Crippen molar-refractivity contribution < 1.29 is 14.7 Å². The third kappa shape index (κ3) is 2.23. The van der Waals surface area contributed by atoms with Crippen LogP contribution in [0.2, 0.25) is 0 Å². The number of carbonyl (C=O) groups is 2. The number of halogens is 1. The predicted molar refractivity (Wildman–Crippen MR) is 36.1 cm³/mol. The zero-order chi connectivity index (χ0) is 8.15. The normalized spacial score (nSPS) is 9.00. The molecule has 0 aromatic carbocycles. The van der Waals surface area contributed by atoms with E-state index >= 15 is 0 Å². The summed E-state index contributed by atoms with van der Waals surface area (Å²) < 4.78 is 0. The summed E-state index contributed by atoms with van der Waals surface area (Å²) in [6, 6.07) is 0. The van der Waals surface area contributed by atoms with Gasteiger partial charge in [-0.25, -0.2) is 9.69 Å². The van der Waals surface area contributed by atoms with Gasteiger partial charge in [0.25, 0.3) is 0 Å². The first-order chi connectivity index (χ1) is 4.63. The fourth-order valence-electron chi connectivity index (χ4n) is 0.490. The average molecular weight is 166 g/mol. The van der Waals surface area contributed by atoms with E-state index in [1.807, 2.05) is 0 Å². The van der Waals surface area contributed by atoms with Crippen molar-refractivity contribution in [2.75, 3.05) is 12.4 Å². The van der Waals surface area contributed by atoms with Crippen LogP contribution in [0, 0.1) is 0 Å². The van der Waals surface area contributed by atoms with Gasteiger partial charge in [-0.15, -0.1) is 11.6 Å². The fourth-order valence-corrected chi connectivity index (χ4v) is 0.635. The monoisotopic (exact) mass is 165 g/mol. The number of rotatable bonds is 2. The molecule has 2 amide bonds. The van der Waals surface area contributed by atoms with Crippen molar-refractivity contribution >= 4 is 23.6 Å². The predicted octanol–water partition coefficient (Wildman–Crippen LogP) is 0.752. The molecule has 58 valence electrons. The first-order valence-corrected chi connectivity index (χ1v) is 3.26. The van der Waals surface area contributed by atoms with E-state index in [1.165, 1.54) is 0 Å². The molecule has 0 unspecified atom stereocenters. The molecule has 0 aromatic heterocycles. The Morgan fingerprint density at radius 2 is 2.10 bits per heavy atom. The van der Waals surface area contributed by atoms with Crippen molar-refractivity contribution in [2.24, 2.45) is 0 Å². The number of carbonyl (C=O) groups excluding carboxylic acids is 1. The molecule has 0 saturated heterocycles. The molecule has 0 aliphatic heterocycles. The van der Waals surface area contributed by atoms with Gasteiger partial charge in [0, 0.05) is 6.54 Å². The molecule has 4 nitrogen and oxygen atoms in total. The van der Waals surface area contributed by atoms with Crippen LogP contribution in [0.5, 0.6) is 0 Å². The van der Waals surface area contributed by atoms with Crippen LogP contribution >= 0.6 is 11.6 Å². The first kappa shape index (κ1) is 9.23. The van der Waals surface area contributed by atoms with Gasteiger partial charge in [0.1, 0.15) is 5.88 Å².